The van der Waals surface area contributed by atoms with Crippen LogP contribution in [0, 0.1) is 6.92 Å². The van der Waals surface area contributed by atoms with Gasteiger partial charge in [-0.15, -0.1) is 0 Å². The second-order valence-electron chi connectivity index (χ2n) is 3.60. The zero-order valence-electron chi connectivity index (χ0n) is 9.08. The Labute approximate surface area is 109 Å². The number of pyridine rings is 1. The Balaban J connectivity index is 2.48. The third-order valence-electron chi connectivity index (χ3n) is 2.35. The van der Waals surface area contributed by atoms with Crippen LogP contribution in [0.5, 0.6) is 0 Å². The van der Waals surface area contributed by atoms with E-state index >= 15 is 0 Å². The van der Waals surface area contributed by atoms with Crippen LogP contribution in [0.3, 0.4) is 0 Å². The number of hydrogen-bond acceptors (Lipinski definition) is 2. The van der Waals surface area contributed by atoms with Gasteiger partial charge in [-0.3, -0.25) is 4.79 Å². The average molecular weight is 266 g/mol. The highest BCUT2D eigenvalue weighted by atomic mass is 35.5. The topological polar surface area (TPSA) is 30.0 Å². The number of nitrogens with zero attached hydrogens (tertiary/aromatic N) is 1. The maximum Gasteiger partial charge on any atom is 0.197 e. The Kier molecular flexibility index (Phi) is 3.46. The molecule has 0 unspecified atom stereocenters. The lowest BCUT2D eigenvalue weighted by atomic mass is 10.0. The van der Waals surface area contributed by atoms with E-state index in [-0.39, 0.29) is 10.9 Å². The summed E-state index contributed by atoms with van der Waals surface area (Å²) in [6.45, 7) is 1.82. The van der Waals surface area contributed by atoms with Crippen molar-refractivity contribution in [2.24, 2.45) is 0 Å². The number of carbonyl (C=O) groups is 1. The van der Waals surface area contributed by atoms with Crippen LogP contribution >= 0.6 is 23.2 Å². The van der Waals surface area contributed by atoms with Gasteiger partial charge in [0, 0.05) is 11.3 Å². The predicted octanol–water partition coefficient (Wildman–Crippen LogP) is 3.93. The van der Waals surface area contributed by atoms with Gasteiger partial charge in [0.15, 0.2) is 5.78 Å². The quantitative estimate of drug-likeness (QED) is 0.609. The first-order valence-corrected chi connectivity index (χ1v) is 5.77. The Bertz CT molecular complexity index is 581. The van der Waals surface area contributed by atoms with Gasteiger partial charge in [-0.2, -0.15) is 0 Å². The molecule has 1 aromatic heterocycles. The average Bonchev–Trinajstić information content (AvgIpc) is 2.29. The summed E-state index contributed by atoms with van der Waals surface area (Å²) in [6, 6.07) is 10.3. The molecule has 0 saturated carbocycles. The van der Waals surface area contributed by atoms with E-state index in [0.717, 1.165) is 5.69 Å². The van der Waals surface area contributed by atoms with E-state index in [1.807, 2.05) is 6.92 Å². The number of carbonyl (C=O) groups excluding carboxylic acids is 1. The Hall–Kier alpha value is -1.38. The number of hydrogen-bond donors (Lipinski definition) is 0. The van der Waals surface area contributed by atoms with Crippen LogP contribution in [0.25, 0.3) is 0 Å². The number of ketones is 1. The molecule has 4 heteroatoms. The number of rotatable bonds is 2. The lowest BCUT2D eigenvalue weighted by Crippen LogP contribution is -2.04. The molecule has 1 heterocycles. The van der Waals surface area contributed by atoms with Gasteiger partial charge < -0.3 is 0 Å². The summed E-state index contributed by atoms with van der Waals surface area (Å²) < 4.78 is 0. The molecule has 2 aromatic rings. The summed E-state index contributed by atoms with van der Waals surface area (Å²) in [5, 5.41) is 0.615. The molecular weight excluding hydrogens is 257 g/mol. The van der Waals surface area contributed by atoms with Crippen LogP contribution in [0.15, 0.2) is 36.4 Å². The van der Waals surface area contributed by atoms with Crippen LogP contribution in [0.1, 0.15) is 21.6 Å². The van der Waals surface area contributed by atoms with Crippen molar-refractivity contribution in [1.29, 1.82) is 0 Å². The maximum atomic E-state index is 12.2. The van der Waals surface area contributed by atoms with Gasteiger partial charge >= 0.3 is 0 Å². The molecule has 2 nitrogen and oxygen atoms in total. The van der Waals surface area contributed by atoms with E-state index in [2.05, 4.69) is 4.98 Å². The number of aryl methyl sites for hydroxylation is 1. The van der Waals surface area contributed by atoms with Crippen LogP contribution in [0.2, 0.25) is 10.2 Å². The third-order valence-corrected chi connectivity index (χ3v) is 2.97. The molecule has 86 valence electrons. The maximum absolute atomic E-state index is 12.2. The SMILES string of the molecule is Cc1ccc(C(=O)c2ccccc2Cl)c(Cl)n1. The van der Waals surface area contributed by atoms with E-state index < -0.39 is 0 Å². The summed E-state index contributed by atoms with van der Waals surface area (Å²) in [4.78, 5) is 16.2. The monoisotopic (exact) mass is 265 g/mol. The van der Waals surface area contributed by atoms with Crippen LogP contribution in [-0.2, 0) is 0 Å². The first-order chi connectivity index (χ1) is 8.09. The molecule has 0 amide bonds. The number of aromatic nitrogens is 1. The fourth-order valence-electron chi connectivity index (χ4n) is 1.48. The normalized spacial score (nSPS) is 10.3. The Morgan fingerprint density at radius 2 is 1.76 bits per heavy atom. The smallest absolute Gasteiger partial charge is 0.197 e. The van der Waals surface area contributed by atoms with E-state index in [4.69, 9.17) is 23.2 Å². The highest BCUT2D eigenvalue weighted by molar-refractivity contribution is 6.37. The van der Waals surface area contributed by atoms with Crippen molar-refractivity contribution >= 4 is 29.0 Å². The minimum absolute atomic E-state index is 0.204. The van der Waals surface area contributed by atoms with Gasteiger partial charge in [-0.1, -0.05) is 35.3 Å². The van der Waals surface area contributed by atoms with E-state index in [9.17, 15) is 4.79 Å². The van der Waals surface area contributed by atoms with Gasteiger partial charge in [0.2, 0.25) is 0 Å². The minimum atomic E-state index is -0.215. The molecule has 1 aromatic carbocycles. The molecule has 0 aliphatic rings. The number of benzene rings is 1. The molecule has 0 N–H and O–H groups in total. The van der Waals surface area contributed by atoms with Crippen molar-refractivity contribution in [3.63, 3.8) is 0 Å². The molecule has 0 bridgehead atoms. The van der Waals surface area contributed by atoms with Crippen molar-refractivity contribution in [1.82, 2.24) is 4.98 Å². The highest BCUT2D eigenvalue weighted by Crippen LogP contribution is 2.22. The fraction of sp³-hybridized carbons (Fsp3) is 0.0769. The van der Waals surface area contributed by atoms with Gasteiger partial charge in [-0.05, 0) is 31.2 Å². The van der Waals surface area contributed by atoms with Gasteiger partial charge in [0.25, 0.3) is 0 Å². The highest BCUT2D eigenvalue weighted by Gasteiger charge is 2.16. The van der Waals surface area contributed by atoms with Crippen LogP contribution in [-0.4, -0.2) is 10.8 Å². The molecule has 2 rings (SSSR count). The minimum Gasteiger partial charge on any atom is -0.288 e. The van der Waals surface area contributed by atoms with Crippen molar-refractivity contribution in [2.75, 3.05) is 0 Å². The molecular formula is C13H9Cl2NO. The largest absolute Gasteiger partial charge is 0.288 e. The summed E-state index contributed by atoms with van der Waals surface area (Å²) in [6.07, 6.45) is 0. The summed E-state index contributed by atoms with van der Waals surface area (Å²) >= 11 is 11.9. The van der Waals surface area contributed by atoms with Gasteiger partial charge in [0.05, 0.1) is 10.6 Å². The second kappa shape index (κ2) is 4.86. The van der Waals surface area contributed by atoms with Crippen molar-refractivity contribution in [2.45, 2.75) is 6.92 Å². The number of halogens is 2. The Morgan fingerprint density at radius 1 is 1.06 bits per heavy atom. The van der Waals surface area contributed by atoms with Gasteiger partial charge in [0.1, 0.15) is 5.15 Å². The van der Waals surface area contributed by atoms with Gasteiger partial charge in [-0.25, -0.2) is 4.98 Å². The standard InChI is InChI=1S/C13H9Cl2NO/c1-8-6-7-10(13(15)16-8)12(17)9-4-2-3-5-11(9)14/h2-7H,1H3. The molecule has 0 radical (unpaired) electrons. The Morgan fingerprint density at radius 3 is 2.41 bits per heavy atom. The lowest BCUT2D eigenvalue weighted by Gasteiger charge is -2.05. The fourth-order valence-corrected chi connectivity index (χ4v) is 1.99. The summed E-state index contributed by atoms with van der Waals surface area (Å²) in [7, 11) is 0. The second-order valence-corrected chi connectivity index (χ2v) is 4.37. The molecule has 0 spiro atoms. The zero-order valence-corrected chi connectivity index (χ0v) is 10.6. The molecule has 0 saturated heterocycles. The van der Waals surface area contributed by atoms with E-state index in [0.29, 0.717) is 16.1 Å². The van der Waals surface area contributed by atoms with Crippen molar-refractivity contribution in [3.05, 3.63) is 63.4 Å². The molecule has 17 heavy (non-hydrogen) atoms. The zero-order chi connectivity index (χ0) is 12.4. The van der Waals surface area contributed by atoms with E-state index in [1.54, 1.807) is 36.4 Å². The molecule has 0 atom stereocenters. The van der Waals surface area contributed by atoms with Crippen LogP contribution in [0.4, 0.5) is 0 Å². The van der Waals surface area contributed by atoms with E-state index in [1.165, 1.54) is 0 Å². The summed E-state index contributed by atoms with van der Waals surface area (Å²) in [5.74, 6) is -0.215. The molecule has 0 fully saturated rings. The lowest BCUT2D eigenvalue weighted by molar-refractivity contribution is 0.103. The molecule has 0 aliphatic carbocycles. The van der Waals surface area contributed by atoms with Crippen molar-refractivity contribution < 1.29 is 4.79 Å². The van der Waals surface area contributed by atoms with Crippen molar-refractivity contribution in [3.8, 4) is 0 Å². The molecule has 0 aliphatic heterocycles. The summed E-state index contributed by atoms with van der Waals surface area (Å²) in [5.41, 5.74) is 1.57. The third kappa shape index (κ3) is 2.48. The van der Waals surface area contributed by atoms with Crippen LogP contribution < -0.4 is 0 Å². The first-order valence-electron chi connectivity index (χ1n) is 5.02. The predicted molar refractivity (Wildman–Crippen MR) is 68.9 cm³/mol. The first kappa shape index (κ1) is 12.1.